The molecule has 0 aliphatic carbocycles. The first-order valence-corrected chi connectivity index (χ1v) is 6.51. The van der Waals surface area contributed by atoms with Crippen LogP contribution < -0.4 is 4.90 Å². The maximum atomic E-state index is 11.6. The monoisotopic (exact) mass is 278 g/mol. The molecule has 0 radical (unpaired) electrons. The average Bonchev–Trinajstić information content (AvgIpc) is 2.76. The molecule has 0 aromatic heterocycles. The average molecular weight is 278 g/mol. The van der Waals surface area contributed by atoms with Gasteiger partial charge in [0.1, 0.15) is 5.69 Å². The molecule has 0 unspecified atom stereocenters. The van der Waals surface area contributed by atoms with Gasteiger partial charge in [-0.15, -0.1) is 0 Å². The molecule has 20 heavy (non-hydrogen) atoms. The van der Waals surface area contributed by atoms with Gasteiger partial charge in [0.15, 0.2) is 0 Å². The molecule has 1 heterocycles. The number of anilines is 1. The summed E-state index contributed by atoms with van der Waals surface area (Å²) in [6.45, 7) is 4.85. The summed E-state index contributed by atoms with van der Waals surface area (Å²) >= 11 is 0. The Bertz CT molecular complexity index is 554. The van der Waals surface area contributed by atoms with Crippen LogP contribution in [0.2, 0.25) is 0 Å². The van der Waals surface area contributed by atoms with Crippen molar-refractivity contribution in [2.24, 2.45) is 0 Å². The molecule has 0 amide bonds. The van der Waals surface area contributed by atoms with E-state index in [4.69, 9.17) is 0 Å². The minimum absolute atomic E-state index is 0.0210. The molecule has 0 atom stereocenters. The van der Waals surface area contributed by atoms with Crippen molar-refractivity contribution in [3.63, 3.8) is 0 Å². The minimum Gasteiger partial charge on any atom is -0.465 e. The fraction of sp³-hybridized carbons (Fsp3) is 0.500. The molecule has 1 aliphatic rings. The van der Waals surface area contributed by atoms with Crippen LogP contribution in [0.4, 0.5) is 11.4 Å². The van der Waals surface area contributed by atoms with Gasteiger partial charge in [-0.1, -0.05) is 0 Å². The lowest BCUT2D eigenvalue weighted by Gasteiger charge is -2.33. The number of rotatable bonds is 3. The van der Waals surface area contributed by atoms with Gasteiger partial charge in [-0.3, -0.25) is 10.1 Å². The van der Waals surface area contributed by atoms with Gasteiger partial charge in [0.2, 0.25) is 0 Å². The van der Waals surface area contributed by atoms with E-state index in [1.54, 1.807) is 6.07 Å². The lowest BCUT2D eigenvalue weighted by atomic mass is 10.0. The van der Waals surface area contributed by atoms with Crippen LogP contribution in [0.5, 0.6) is 0 Å². The van der Waals surface area contributed by atoms with Gasteiger partial charge in [0.25, 0.3) is 5.69 Å². The molecule has 0 saturated carbocycles. The first-order valence-electron chi connectivity index (χ1n) is 6.51. The first-order chi connectivity index (χ1) is 9.36. The van der Waals surface area contributed by atoms with Crippen LogP contribution in [0.15, 0.2) is 18.2 Å². The Hall–Kier alpha value is -2.11. The summed E-state index contributed by atoms with van der Waals surface area (Å²) in [5.74, 6) is -0.488. The maximum Gasteiger partial charge on any atom is 0.337 e. The zero-order chi connectivity index (χ0) is 14.9. The molecule has 1 aromatic rings. The highest BCUT2D eigenvalue weighted by atomic mass is 16.6. The SMILES string of the molecule is COC(=O)c1ccc([N+](=O)[O-])c(N2CCCC2(C)C)c1. The first kappa shape index (κ1) is 14.3. The van der Waals surface area contributed by atoms with Crippen LogP contribution in [0, 0.1) is 10.1 Å². The number of nitrogens with zero attached hydrogens (tertiary/aromatic N) is 2. The minimum atomic E-state index is -0.488. The van der Waals surface area contributed by atoms with Crippen molar-refractivity contribution in [3.8, 4) is 0 Å². The normalized spacial score (nSPS) is 17.1. The summed E-state index contributed by atoms with van der Waals surface area (Å²) in [6, 6.07) is 4.35. The fourth-order valence-corrected chi connectivity index (χ4v) is 2.69. The van der Waals surface area contributed by atoms with Crippen molar-refractivity contribution >= 4 is 17.3 Å². The van der Waals surface area contributed by atoms with E-state index >= 15 is 0 Å². The van der Waals surface area contributed by atoms with Crippen LogP contribution >= 0.6 is 0 Å². The van der Waals surface area contributed by atoms with E-state index in [9.17, 15) is 14.9 Å². The molecule has 1 aromatic carbocycles. The van der Waals surface area contributed by atoms with Crippen molar-refractivity contribution in [2.45, 2.75) is 32.2 Å². The largest absolute Gasteiger partial charge is 0.465 e. The number of carbonyl (C=O) groups is 1. The number of methoxy groups -OCH3 is 1. The number of carbonyl (C=O) groups excluding carboxylic acids is 1. The van der Waals surface area contributed by atoms with Gasteiger partial charge in [0.05, 0.1) is 17.6 Å². The second kappa shape index (κ2) is 5.11. The van der Waals surface area contributed by atoms with E-state index < -0.39 is 10.9 Å². The van der Waals surface area contributed by atoms with Crippen molar-refractivity contribution < 1.29 is 14.5 Å². The van der Waals surface area contributed by atoms with E-state index in [0.717, 1.165) is 19.4 Å². The molecule has 0 spiro atoms. The molecule has 1 saturated heterocycles. The highest BCUT2D eigenvalue weighted by Crippen LogP contribution is 2.39. The quantitative estimate of drug-likeness (QED) is 0.483. The number of esters is 1. The van der Waals surface area contributed by atoms with Gasteiger partial charge in [0, 0.05) is 18.2 Å². The van der Waals surface area contributed by atoms with Crippen LogP contribution in [-0.4, -0.2) is 30.1 Å². The van der Waals surface area contributed by atoms with Crippen molar-refractivity contribution in [1.82, 2.24) is 0 Å². The predicted molar refractivity (Wildman–Crippen MR) is 75.1 cm³/mol. The second-order valence-electron chi connectivity index (χ2n) is 5.52. The Kier molecular flexibility index (Phi) is 3.65. The summed E-state index contributed by atoms with van der Waals surface area (Å²) in [5.41, 5.74) is 0.684. The van der Waals surface area contributed by atoms with Crippen LogP contribution in [0.1, 0.15) is 37.0 Å². The number of hydrogen-bond acceptors (Lipinski definition) is 5. The summed E-state index contributed by atoms with van der Waals surface area (Å²) < 4.78 is 4.68. The van der Waals surface area contributed by atoms with E-state index in [1.165, 1.54) is 19.2 Å². The van der Waals surface area contributed by atoms with Gasteiger partial charge >= 0.3 is 5.97 Å². The van der Waals surface area contributed by atoms with Gasteiger partial charge in [-0.2, -0.15) is 0 Å². The third kappa shape index (κ3) is 2.45. The van der Waals surface area contributed by atoms with Crippen molar-refractivity contribution in [1.29, 1.82) is 0 Å². The number of ether oxygens (including phenoxy) is 1. The smallest absolute Gasteiger partial charge is 0.337 e. The Labute approximate surface area is 117 Å². The van der Waals surface area contributed by atoms with E-state index in [0.29, 0.717) is 11.3 Å². The maximum absolute atomic E-state index is 11.6. The van der Waals surface area contributed by atoms with E-state index in [1.807, 2.05) is 4.90 Å². The zero-order valence-electron chi connectivity index (χ0n) is 11.9. The molecule has 0 N–H and O–H groups in total. The molecule has 0 bridgehead atoms. The highest BCUT2D eigenvalue weighted by molar-refractivity contribution is 5.91. The van der Waals surface area contributed by atoms with Crippen molar-refractivity contribution in [2.75, 3.05) is 18.6 Å². The predicted octanol–water partition coefficient (Wildman–Crippen LogP) is 2.76. The summed E-state index contributed by atoms with van der Waals surface area (Å²) in [5, 5.41) is 11.2. The van der Waals surface area contributed by atoms with Gasteiger partial charge in [-0.25, -0.2) is 4.79 Å². The topological polar surface area (TPSA) is 72.7 Å². The molecular formula is C14H18N2O4. The lowest BCUT2D eigenvalue weighted by molar-refractivity contribution is -0.384. The lowest BCUT2D eigenvalue weighted by Crippen LogP contribution is -2.38. The molecule has 1 aliphatic heterocycles. The Morgan fingerprint density at radius 2 is 2.15 bits per heavy atom. The molecule has 6 nitrogen and oxygen atoms in total. The fourth-order valence-electron chi connectivity index (χ4n) is 2.69. The van der Waals surface area contributed by atoms with Crippen LogP contribution in [0.3, 0.4) is 0 Å². The van der Waals surface area contributed by atoms with Crippen LogP contribution in [0.25, 0.3) is 0 Å². The molecule has 6 heteroatoms. The van der Waals surface area contributed by atoms with E-state index in [-0.39, 0.29) is 11.2 Å². The molecular weight excluding hydrogens is 260 g/mol. The third-order valence-corrected chi connectivity index (χ3v) is 3.78. The molecule has 1 fully saturated rings. The van der Waals surface area contributed by atoms with Crippen LogP contribution in [-0.2, 0) is 4.74 Å². The van der Waals surface area contributed by atoms with Gasteiger partial charge < -0.3 is 9.64 Å². The number of nitro groups is 1. The summed E-state index contributed by atoms with van der Waals surface area (Å²) in [7, 11) is 1.29. The summed E-state index contributed by atoms with van der Waals surface area (Å²) in [6.07, 6.45) is 1.94. The standard InChI is InChI=1S/C14H18N2O4/c1-14(2)7-4-8-15(14)12-9-10(13(17)20-3)5-6-11(12)16(18)19/h5-6,9H,4,7-8H2,1-3H3. The Morgan fingerprint density at radius 3 is 2.65 bits per heavy atom. The second-order valence-corrected chi connectivity index (χ2v) is 5.52. The Balaban J connectivity index is 2.53. The zero-order valence-corrected chi connectivity index (χ0v) is 11.9. The summed E-state index contributed by atoms with van der Waals surface area (Å²) in [4.78, 5) is 24.4. The van der Waals surface area contributed by atoms with E-state index in [2.05, 4.69) is 18.6 Å². The van der Waals surface area contributed by atoms with Crippen molar-refractivity contribution in [3.05, 3.63) is 33.9 Å². The third-order valence-electron chi connectivity index (χ3n) is 3.78. The number of hydrogen-bond donors (Lipinski definition) is 0. The number of nitro benzene ring substituents is 1. The molecule has 2 rings (SSSR count). The highest BCUT2D eigenvalue weighted by Gasteiger charge is 2.36. The Morgan fingerprint density at radius 1 is 1.45 bits per heavy atom. The van der Waals surface area contributed by atoms with Gasteiger partial charge in [-0.05, 0) is 38.8 Å². The number of benzene rings is 1. The molecule has 108 valence electrons.